The molecule has 1 N–H and O–H groups in total. The number of terminal acetylenes is 1. The minimum Gasteiger partial charge on any atom is -0.479 e. The second-order valence-electron chi connectivity index (χ2n) is 1.75. The smallest absolute Gasteiger partial charge is 0.341 e. The van der Waals surface area contributed by atoms with Gasteiger partial charge in [-0.25, -0.2) is 9.59 Å². The third kappa shape index (κ3) is 6.58. The van der Waals surface area contributed by atoms with Gasteiger partial charge in [0.2, 0.25) is 0 Å². The molecule has 0 unspecified atom stereocenters. The van der Waals surface area contributed by atoms with Gasteiger partial charge in [0.1, 0.15) is 13.2 Å². The van der Waals surface area contributed by atoms with Gasteiger partial charge >= 0.3 is 11.9 Å². The summed E-state index contributed by atoms with van der Waals surface area (Å²) in [6, 6.07) is 0. The normalized spacial score (nSPS) is 8.58. The second kappa shape index (κ2) is 6.19. The molecule has 0 aliphatic rings. The van der Waals surface area contributed by atoms with E-state index in [9.17, 15) is 9.59 Å². The first-order valence-corrected chi connectivity index (χ1v) is 3.05. The minimum atomic E-state index is -1.21. The molecule has 0 aromatic carbocycles. The van der Waals surface area contributed by atoms with E-state index < -0.39 is 18.5 Å². The molecule has 5 nitrogen and oxygen atoms in total. The average Bonchev–Trinajstić information content (AvgIpc) is 2.01. The Morgan fingerprint density at radius 1 is 1.42 bits per heavy atom. The first-order chi connectivity index (χ1) is 5.66. The molecular weight excluding hydrogens is 164 g/mol. The highest BCUT2D eigenvalue weighted by molar-refractivity contribution is 5.75. The second-order valence-corrected chi connectivity index (χ2v) is 1.75. The van der Waals surface area contributed by atoms with E-state index >= 15 is 0 Å². The minimum absolute atomic E-state index is 0.00215. The molecule has 0 heterocycles. The summed E-state index contributed by atoms with van der Waals surface area (Å²) in [5.74, 6) is 0.191. The van der Waals surface area contributed by atoms with Crippen LogP contribution < -0.4 is 0 Å². The average molecular weight is 172 g/mol. The predicted molar refractivity (Wildman–Crippen MR) is 38.2 cm³/mol. The molecule has 0 atom stereocenters. The zero-order chi connectivity index (χ0) is 9.40. The van der Waals surface area contributed by atoms with Crippen molar-refractivity contribution in [2.45, 2.75) is 0 Å². The van der Waals surface area contributed by atoms with Gasteiger partial charge in [-0.3, -0.25) is 0 Å². The molecule has 0 fully saturated rings. The van der Waals surface area contributed by atoms with Crippen LogP contribution in [0.5, 0.6) is 0 Å². The lowest BCUT2D eigenvalue weighted by atomic mass is 10.6. The van der Waals surface area contributed by atoms with Crippen LogP contribution in [0.1, 0.15) is 0 Å². The van der Waals surface area contributed by atoms with Crippen molar-refractivity contribution >= 4 is 11.9 Å². The maximum absolute atomic E-state index is 10.5. The van der Waals surface area contributed by atoms with Crippen molar-refractivity contribution < 1.29 is 24.2 Å². The Balaban J connectivity index is 3.35. The number of carbonyl (C=O) groups is 2. The molecular formula is C7H8O5. The zero-order valence-corrected chi connectivity index (χ0v) is 6.28. The third-order valence-electron chi connectivity index (χ3n) is 0.762. The maximum Gasteiger partial charge on any atom is 0.341 e. The fraction of sp³-hybridized carbons (Fsp3) is 0.429. The number of carbonyl (C=O) groups excluding carboxylic acids is 1. The summed E-state index contributed by atoms with van der Waals surface area (Å²) in [7, 11) is 0. The molecule has 0 aliphatic heterocycles. The molecule has 0 bridgehead atoms. The van der Waals surface area contributed by atoms with Crippen LogP contribution in [0.3, 0.4) is 0 Å². The topological polar surface area (TPSA) is 72.8 Å². The van der Waals surface area contributed by atoms with Gasteiger partial charge in [-0.2, -0.15) is 0 Å². The van der Waals surface area contributed by atoms with E-state index in [4.69, 9.17) is 11.5 Å². The van der Waals surface area contributed by atoms with Crippen molar-refractivity contribution in [1.82, 2.24) is 0 Å². The van der Waals surface area contributed by atoms with Crippen LogP contribution in [-0.2, 0) is 19.1 Å². The summed E-state index contributed by atoms with van der Waals surface area (Å²) in [4.78, 5) is 20.4. The number of hydrogen-bond acceptors (Lipinski definition) is 4. The van der Waals surface area contributed by atoms with E-state index in [1.165, 1.54) is 0 Å². The van der Waals surface area contributed by atoms with Crippen molar-refractivity contribution in [2.75, 3.05) is 19.8 Å². The van der Waals surface area contributed by atoms with Crippen LogP contribution in [0.25, 0.3) is 0 Å². The van der Waals surface area contributed by atoms with Gasteiger partial charge in [0.15, 0.2) is 6.61 Å². The molecule has 0 saturated carbocycles. The number of carboxylic acids is 1. The van der Waals surface area contributed by atoms with E-state index in [1.54, 1.807) is 0 Å². The monoisotopic (exact) mass is 172 g/mol. The molecule has 0 amide bonds. The molecule has 0 aromatic rings. The summed E-state index contributed by atoms with van der Waals surface area (Å²) >= 11 is 0. The van der Waals surface area contributed by atoms with Crippen molar-refractivity contribution in [1.29, 1.82) is 0 Å². The molecule has 12 heavy (non-hydrogen) atoms. The summed E-state index contributed by atoms with van der Waals surface area (Å²) in [6.45, 7) is -0.974. The Labute approximate surface area is 69.3 Å². The van der Waals surface area contributed by atoms with Crippen molar-refractivity contribution in [2.24, 2.45) is 0 Å². The standard InChI is InChI=1S/C7H8O5/c1-2-3-11-5-7(10)12-4-6(8)9/h1H,3-5H2,(H,8,9). The van der Waals surface area contributed by atoms with Gasteiger partial charge in [0.05, 0.1) is 0 Å². The summed E-state index contributed by atoms with van der Waals surface area (Å²) in [5, 5.41) is 8.08. The SMILES string of the molecule is C#CCOCC(=O)OCC(=O)O. The van der Waals surface area contributed by atoms with Gasteiger partial charge in [0, 0.05) is 0 Å². The Bertz CT molecular complexity index is 202. The Morgan fingerprint density at radius 3 is 2.58 bits per heavy atom. The Kier molecular flexibility index (Phi) is 5.39. The highest BCUT2D eigenvalue weighted by atomic mass is 16.6. The van der Waals surface area contributed by atoms with Crippen LogP contribution in [0.2, 0.25) is 0 Å². The molecule has 0 saturated heterocycles. The van der Waals surface area contributed by atoms with Crippen molar-refractivity contribution in [3.05, 3.63) is 0 Å². The first-order valence-electron chi connectivity index (χ1n) is 3.05. The number of ether oxygens (including phenoxy) is 2. The fourth-order valence-corrected chi connectivity index (χ4v) is 0.377. The number of carboxylic acid groups (broad SMARTS) is 1. The van der Waals surface area contributed by atoms with Gasteiger partial charge < -0.3 is 14.6 Å². The lowest BCUT2D eigenvalue weighted by Gasteiger charge is -2.00. The molecule has 5 heteroatoms. The number of hydrogen-bond donors (Lipinski definition) is 1. The first kappa shape index (κ1) is 10.5. The zero-order valence-electron chi connectivity index (χ0n) is 6.28. The molecule has 0 aromatic heterocycles. The van der Waals surface area contributed by atoms with E-state index in [0.717, 1.165) is 0 Å². The van der Waals surface area contributed by atoms with Gasteiger partial charge in [-0.05, 0) is 0 Å². The van der Waals surface area contributed by atoms with Crippen LogP contribution in [0.15, 0.2) is 0 Å². The number of esters is 1. The van der Waals surface area contributed by atoms with E-state index in [-0.39, 0.29) is 13.2 Å². The molecule has 66 valence electrons. The lowest BCUT2D eigenvalue weighted by molar-refractivity contribution is -0.158. The van der Waals surface area contributed by atoms with Crippen LogP contribution in [0.4, 0.5) is 0 Å². The number of aliphatic carboxylic acids is 1. The summed E-state index contributed by atoms with van der Waals surface area (Å²) in [6.07, 6.45) is 4.82. The van der Waals surface area contributed by atoms with E-state index in [1.807, 2.05) is 0 Å². The van der Waals surface area contributed by atoms with Crippen molar-refractivity contribution in [3.8, 4) is 12.3 Å². The summed E-state index contributed by atoms with van der Waals surface area (Å²) < 4.78 is 8.79. The Hall–Kier alpha value is -1.54. The van der Waals surface area contributed by atoms with Gasteiger partial charge in [0.25, 0.3) is 0 Å². The predicted octanol–water partition coefficient (Wildman–Crippen LogP) is -0.736. The highest BCUT2D eigenvalue weighted by Crippen LogP contribution is 1.81. The highest BCUT2D eigenvalue weighted by Gasteiger charge is 2.04. The van der Waals surface area contributed by atoms with Crippen LogP contribution in [0, 0.1) is 12.3 Å². The third-order valence-corrected chi connectivity index (χ3v) is 0.762. The fourth-order valence-electron chi connectivity index (χ4n) is 0.377. The van der Waals surface area contributed by atoms with Crippen LogP contribution >= 0.6 is 0 Å². The van der Waals surface area contributed by atoms with Crippen LogP contribution in [-0.4, -0.2) is 36.9 Å². The largest absolute Gasteiger partial charge is 0.479 e. The molecule has 0 spiro atoms. The molecule has 0 aliphatic carbocycles. The quantitative estimate of drug-likeness (QED) is 0.336. The number of rotatable bonds is 5. The van der Waals surface area contributed by atoms with E-state index in [0.29, 0.717) is 0 Å². The lowest BCUT2D eigenvalue weighted by Crippen LogP contribution is -2.17. The van der Waals surface area contributed by atoms with E-state index in [2.05, 4.69) is 15.4 Å². The maximum atomic E-state index is 10.5. The van der Waals surface area contributed by atoms with Crippen molar-refractivity contribution in [3.63, 3.8) is 0 Å². The van der Waals surface area contributed by atoms with Gasteiger partial charge in [-0.1, -0.05) is 5.92 Å². The summed E-state index contributed by atoms with van der Waals surface area (Å²) in [5.41, 5.74) is 0. The molecule has 0 rings (SSSR count). The van der Waals surface area contributed by atoms with Gasteiger partial charge in [-0.15, -0.1) is 6.42 Å². The molecule has 0 radical (unpaired) electrons. The Morgan fingerprint density at radius 2 is 2.08 bits per heavy atom.